The maximum Gasteiger partial charge on any atom is 0.267 e. The zero-order valence-corrected chi connectivity index (χ0v) is 17.9. The van der Waals surface area contributed by atoms with E-state index in [9.17, 15) is 9.59 Å². The number of rotatable bonds is 8. The maximum absolute atomic E-state index is 12.7. The van der Waals surface area contributed by atoms with Crippen LogP contribution in [-0.4, -0.2) is 34.0 Å². The Bertz CT molecular complexity index is 1310. The van der Waals surface area contributed by atoms with Gasteiger partial charge in [-0.15, -0.1) is 0 Å². The van der Waals surface area contributed by atoms with Crippen LogP contribution in [0.4, 0.5) is 0 Å². The fourth-order valence-electron chi connectivity index (χ4n) is 3.95. The van der Waals surface area contributed by atoms with Crippen LogP contribution in [0.1, 0.15) is 27.4 Å². The van der Waals surface area contributed by atoms with E-state index in [1.165, 1.54) is 0 Å². The quantitative estimate of drug-likeness (QED) is 0.411. The lowest BCUT2D eigenvalue weighted by atomic mass is 10.2. The molecule has 8 heteroatoms. The highest BCUT2D eigenvalue weighted by Crippen LogP contribution is 2.20. The highest BCUT2D eigenvalue weighted by Gasteiger charge is 2.16. The van der Waals surface area contributed by atoms with Crippen molar-refractivity contribution < 1.29 is 9.59 Å². The first-order chi connectivity index (χ1) is 16.1. The van der Waals surface area contributed by atoms with Crippen LogP contribution < -0.4 is 10.6 Å². The van der Waals surface area contributed by atoms with E-state index in [2.05, 4.69) is 22.8 Å². The van der Waals surface area contributed by atoms with E-state index >= 15 is 0 Å². The number of aromatic nitrogens is 2. The van der Waals surface area contributed by atoms with Crippen molar-refractivity contribution in [2.24, 2.45) is 0 Å². The molecule has 0 aliphatic heterocycles. The summed E-state index contributed by atoms with van der Waals surface area (Å²) >= 11 is 0. The van der Waals surface area contributed by atoms with Gasteiger partial charge in [0.05, 0.1) is 12.1 Å². The van der Waals surface area contributed by atoms with Crippen LogP contribution >= 0.6 is 0 Å². The van der Waals surface area contributed by atoms with Gasteiger partial charge in [0.25, 0.3) is 11.8 Å². The van der Waals surface area contributed by atoms with Gasteiger partial charge in [-0.2, -0.15) is 10.5 Å². The van der Waals surface area contributed by atoms with Crippen molar-refractivity contribution in [2.45, 2.75) is 19.5 Å². The number of carbonyl (C=O) groups excluding carboxylic acids is 2. The Kier molecular flexibility index (Phi) is 6.38. The van der Waals surface area contributed by atoms with Gasteiger partial charge >= 0.3 is 0 Å². The van der Waals surface area contributed by atoms with Crippen LogP contribution in [0.3, 0.4) is 0 Å². The van der Waals surface area contributed by atoms with Gasteiger partial charge in [0.1, 0.15) is 24.5 Å². The summed E-state index contributed by atoms with van der Waals surface area (Å²) in [5.41, 5.74) is 2.54. The summed E-state index contributed by atoms with van der Waals surface area (Å²) in [5.74, 6) is -0.524. The van der Waals surface area contributed by atoms with Crippen molar-refractivity contribution in [3.63, 3.8) is 0 Å². The first kappa shape index (κ1) is 21.7. The second-order valence-electron chi connectivity index (χ2n) is 7.53. The molecule has 0 saturated carbocycles. The second-order valence-corrected chi connectivity index (χ2v) is 7.53. The average molecular weight is 438 g/mol. The molecule has 164 valence electrons. The molecular weight excluding hydrogens is 416 g/mol. The van der Waals surface area contributed by atoms with Crippen molar-refractivity contribution in [3.05, 3.63) is 72.1 Å². The average Bonchev–Trinajstić information content (AvgIpc) is 3.38. The zero-order chi connectivity index (χ0) is 23.2. The Balaban J connectivity index is 1.34. The van der Waals surface area contributed by atoms with Gasteiger partial charge in [-0.1, -0.05) is 36.4 Å². The molecule has 0 aliphatic carbocycles. The normalized spacial score (nSPS) is 10.6. The monoisotopic (exact) mass is 438 g/mol. The van der Waals surface area contributed by atoms with Gasteiger partial charge < -0.3 is 19.8 Å². The number of fused-ring (bicyclic) bond motifs is 2. The minimum atomic E-state index is -0.262. The van der Waals surface area contributed by atoms with E-state index in [-0.39, 0.29) is 24.9 Å². The molecule has 0 saturated heterocycles. The lowest BCUT2D eigenvalue weighted by molar-refractivity contribution is 0.0943. The van der Waals surface area contributed by atoms with E-state index < -0.39 is 0 Å². The molecule has 4 rings (SSSR count). The van der Waals surface area contributed by atoms with Crippen LogP contribution in [-0.2, 0) is 13.1 Å². The molecule has 0 aliphatic rings. The molecule has 0 fully saturated rings. The molecule has 8 nitrogen and oxygen atoms in total. The summed E-state index contributed by atoms with van der Waals surface area (Å²) in [4.78, 5) is 25.4. The van der Waals surface area contributed by atoms with Crippen molar-refractivity contribution >= 4 is 33.6 Å². The van der Waals surface area contributed by atoms with Crippen LogP contribution in [0, 0.1) is 22.7 Å². The molecule has 0 unspecified atom stereocenters. The fourth-order valence-corrected chi connectivity index (χ4v) is 3.95. The highest BCUT2D eigenvalue weighted by molar-refractivity contribution is 5.99. The van der Waals surface area contributed by atoms with Crippen molar-refractivity contribution in [1.29, 1.82) is 10.5 Å². The van der Waals surface area contributed by atoms with E-state index in [4.69, 9.17) is 10.5 Å². The van der Waals surface area contributed by atoms with Crippen LogP contribution in [0.5, 0.6) is 0 Å². The first-order valence-corrected chi connectivity index (χ1v) is 10.6. The van der Waals surface area contributed by atoms with Crippen LogP contribution in [0.2, 0.25) is 0 Å². The van der Waals surface area contributed by atoms with Gasteiger partial charge in [0, 0.05) is 34.9 Å². The third kappa shape index (κ3) is 4.41. The zero-order valence-electron chi connectivity index (χ0n) is 17.9. The summed E-state index contributed by atoms with van der Waals surface area (Å²) < 4.78 is 3.39. The number of nitriles is 2. The SMILES string of the molecule is N#CCn1c(C(=O)NCCCNC(=O)c2cc3ccccc3n2CC#N)cc2ccccc21. The molecule has 0 spiro atoms. The molecule has 0 radical (unpaired) electrons. The van der Waals surface area contributed by atoms with Crippen LogP contribution in [0.25, 0.3) is 21.8 Å². The molecule has 2 heterocycles. The third-order valence-electron chi connectivity index (χ3n) is 5.47. The molecule has 0 atom stereocenters. The summed E-state index contributed by atoms with van der Waals surface area (Å²) in [7, 11) is 0. The highest BCUT2D eigenvalue weighted by atomic mass is 16.2. The molecule has 4 aromatic rings. The second kappa shape index (κ2) is 9.71. The van der Waals surface area contributed by atoms with Crippen molar-refractivity contribution in [3.8, 4) is 12.1 Å². The largest absolute Gasteiger partial charge is 0.351 e. The number of benzene rings is 2. The lowest BCUT2D eigenvalue weighted by Crippen LogP contribution is -2.31. The number of hydrogen-bond donors (Lipinski definition) is 2. The molecular formula is C25H22N6O2. The Hall–Kier alpha value is -4.56. The van der Waals surface area contributed by atoms with Crippen molar-refractivity contribution in [1.82, 2.24) is 19.8 Å². The summed E-state index contributed by atoms with van der Waals surface area (Å²) in [6, 6.07) is 22.8. The number of hydrogen-bond acceptors (Lipinski definition) is 4. The van der Waals surface area contributed by atoms with E-state index in [0.29, 0.717) is 30.9 Å². The number of amides is 2. The van der Waals surface area contributed by atoms with E-state index in [1.807, 2.05) is 48.5 Å². The van der Waals surface area contributed by atoms with Gasteiger partial charge in [0.2, 0.25) is 0 Å². The standard InChI is InChI=1S/C25H22N6O2/c26-10-14-30-20-8-3-1-6-18(20)16-22(30)24(32)28-12-5-13-29-25(33)23-17-19-7-2-4-9-21(19)31(23)15-11-27/h1-4,6-9,16-17H,5,12-15H2,(H,28,32)(H,29,33). The minimum Gasteiger partial charge on any atom is -0.351 e. The first-order valence-electron chi connectivity index (χ1n) is 10.6. The number of para-hydroxylation sites is 2. The molecule has 2 aromatic heterocycles. The maximum atomic E-state index is 12.7. The molecule has 33 heavy (non-hydrogen) atoms. The van der Waals surface area contributed by atoms with Gasteiger partial charge in [-0.05, 0) is 30.7 Å². The Morgan fingerprint density at radius 2 is 1.15 bits per heavy atom. The fraction of sp³-hybridized carbons (Fsp3) is 0.200. The Labute approximate surface area is 190 Å². The Morgan fingerprint density at radius 1 is 0.727 bits per heavy atom. The van der Waals surface area contributed by atoms with E-state index in [0.717, 1.165) is 21.8 Å². The van der Waals surface area contributed by atoms with Gasteiger partial charge in [-0.25, -0.2) is 0 Å². The third-order valence-corrected chi connectivity index (χ3v) is 5.47. The molecule has 2 aromatic carbocycles. The minimum absolute atomic E-state index is 0.0863. The number of nitrogens with one attached hydrogen (secondary N) is 2. The topological polar surface area (TPSA) is 116 Å². The summed E-state index contributed by atoms with van der Waals surface area (Å²) in [6.07, 6.45) is 0.536. The number of carbonyl (C=O) groups is 2. The molecule has 2 amide bonds. The predicted octanol–water partition coefficient (Wildman–Crippen LogP) is 3.19. The lowest BCUT2D eigenvalue weighted by Gasteiger charge is -2.10. The summed E-state index contributed by atoms with van der Waals surface area (Å²) in [6.45, 7) is 0.912. The molecule has 0 bridgehead atoms. The van der Waals surface area contributed by atoms with Gasteiger partial charge in [0.15, 0.2) is 0 Å². The Morgan fingerprint density at radius 3 is 1.58 bits per heavy atom. The van der Waals surface area contributed by atoms with Gasteiger partial charge in [-0.3, -0.25) is 9.59 Å². The van der Waals surface area contributed by atoms with E-state index in [1.54, 1.807) is 21.3 Å². The molecule has 2 N–H and O–H groups in total. The smallest absolute Gasteiger partial charge is 0.267 e. The van der Waals surface area contributed by atoms with Crippen LogP contribution in [0.15, 0.2) is 60.7 Å². The van der Waals surface area contributed by atoms with Crippen molar-refractivity contribution in [2.75, 3.05) is 13.1 Å². The summed E-state index contributed by atoms with van der Waals surface area (Å²) in [5, 5.41) is 25.8. The predicted molar refractivity (Wildman–Crippen MR) is 124 cm³/mol. The number of nitrogens with zero attached hydrogens (tertiary/aromatic N) is 4.